The number of fused-ring (bicyclic) bond motifs is 1. The molecule has 0 radical (unpaired) electrons. The molecule has 1 aromatic carbocycles. The van der Waals surface area contributed by atoms with Gasteiger partial charge in [-0.2, -0.15) is 0 Å². The fourth-order valence-corrected chi connectivity index (χ4v) is 1.62. The van der Waals surface area contributed by atoms with E-state index in [0.717, 1.165) is 17.3 Å². The van der Waals surface area contributed by atoms with Crippen LogP contribution in [0.25, 0.3) is 10.9 Å². The summed E-state index contributed by atoms with van der Waals surface area (Å²) in [4.78, 5) is 3.00. The summed E-state index contributed by atoms with van der Waals surface area (Å²) >= 11 is 0. The molecule has 0 unspecified atom stereocenters. The van der Waals surface area contributed by atoms with Gasteiger partial charge in [0.05, 0.1) is 0 Å². The third kappa shape index (κ3) is 1.43. The number of aryl methyl sites for hydroxylation is 1. The second-order valence-corrected chi connectivity index (χ2v) is 3.35. The molecule has 3 N–H and O–H groups in total. The largest absolute Gasteiger partial charge is 0.490 e. The number of aromatic nitrogens is 1. The van der Waals surface area contributed by atoms with E-state index in [2.05, 4.69) is 11.9 Å². The van der Waals surface area contributed by atoms with Crippen LogP contribution in [0.1, 0.15) is 12.5 Å². The van der Waals surface area contributed by atoms with Crippen LogP contribution >= 0.6 is 0 Å². The van der Waals surface area contributed by atoms with Gasteiger partial charge in [-0.25, -0.2) is 0 Å². The Bertz CT molecular complexity index is 450. The lowest BCUT2D eigenvalue weighted by molar-refractivity contribution is 0.426. The summed E-state index contributed by atoms with van der Waals surface area (Å²) < 4.78 is 0. The first-order valence-corrected chi connectivity index (χ1v) is 4.68. The lowest BCUT2D eigenvalue weighted by Gasteiger charge is -1.99. The Morgan fingerprint density at radius 2 is 2.14 bits per heavy atom. The van der Waals surface area contributed by atoms with Crippen LogP contribution in [-0.2, 0) is 6.42 Å². The highest BCUT2D eigenvalue weighted by molar-refractivity contribution is 6.62. The first kappa shape index (κ1) is 9.31. The molecule has 2 rings (SSSR count). The first-order chi connectivity index (χ1) is 6.72. The van der Waals surface area contributed by atoms with E-state index in [0.29, 0.717) is 5.46 Å². The molecular weight excluding hydrogens is 177 g/mol. The molecule has 0 aliphatic heterocycles. The predicted molar refractivity (Wildman–Crippen MR) is 57.5 cm³/mol. The maximum absolute atomic E-state index is 9.11. The van der Waals surface area contributed by atoms with Gasteiger partial charge in [-0.05, 0) is 29.5 Å². The third-order valence-electron chi connectivity index (χ3n) is 2.46. The van der Waals surface area contributed by atoms with E-state index in [9.17, 15) is 0 Å². The van der Waals surface area contributed by atoms with Gasteiger partial charge in [0, 0.05) is 17.2 Å². The lowest BCUT2D eigenvalue weighted by Crippen LogP contribution is -2.28. The molecule has 0 fully saturated rings. The minimum Gasteiger partial charge on any atom is -0.423 e. The fourth-order valence-electron chi connectivity index (χ4n) is 1.62. The number of nitrogens with one attached hydrogen (secondary N) is 1. The Morgan fingerprint density at radius 3 is 2.79 bits per heavy atom. The summed E-state index contributed by atoms with van der Waals surface area (Å²) in [6, 6.07) is 5.98. The minimum absolute atomic E-state index is 0.537. The minimum atomic E-state index is -1.41. The van der Waals surface area contributed by atoms with E-state index < -0.39 is 7.12 Å². The van der Waals surface area contributed by atoms with Crippen molar-refractivity contribution in [3.05, 3.63) is 30.0 Å². The molecule has 0 spiro atoms. The quantitative estimate of drug-likeness (QED) is 0.599. The average Bonchev–Trinajstić information content (AvgIpc) is 2.59. The maximum atomic E-state index is 9.11. The van der Waals surface area contributed by atoms with Crippen molar-refractivity contribution in [2.24, 2.45) is 0 Å². The van der Waals surface area contributed by atoms with Gasteiger partial charge >= 0.3 is 7.12 Å². The number of benzene rings is 1. The monoisotopic (exact) mass is 189 g/mol. The van der Waals surface area contributed by atoms with E-state index in [1.165, 1.54) is 5.56 Å². The molecule has 0 aliphatic carbocycles. The van der Waals surface area contributed by atoms with E-state index in [1.807, 2.05) is 18.2 Å². The highest BCUT2D eigenvalue weighted by Crippen LogP contribution is 2.13. The van der Waals surface area contributed by atoms with Gasteiger partial charge in [0.2, 0.25) is 0 Å². The van der Waals surface area contributed by atoms with Crippen LogP contribution in [0.15, 0.2) is 24.4 Å². The summed E-state index contributed by atoms with van der Waals surface area (Å²) in [5.41, 5.74) is 2.67. The zero-order valence-electron chi connectivity index (χ0n) is 7.99. The van der Waals surface area contributed by atoms with E-state index >= 15 is 0 Å². The molecule has 4 heteroatoms. The summed E-state index contributed by atoms with van der Waals surface area (Å²) in [7, 11) is -1.41. The van der Waals surface area contributed by atoms with E-state index in [-0.39, 0.29) is 0 Å². The van der Waals surface area contributed by atoms with Gasteiger partial charge < -0.3 is 15.0 Å². The van der Waals surface area contributed by atoms with Crippen LogP contribution in [0.4, 0.5) is 0 Å². The Kier molecular flexibility index (Phi) is 2.31. The molecule has 0 atom stereocenters. The normalized spacial score (nSPS) is 10.8. The Morgan fingerprint density at radius 1 is 1.36 bits per heavy atom. The Labute approximate surface area is 82.5 Å². The van der Waals surface area contributed by atoms with E-state index in [4.69, 9.17) is 10.0 Å². The molecular formula is C10H12BNO2. The van der Waals surface area contributed by atoms with Crippen LogP contribution in [0.5, 0.6) is 0 Å². The van der Waals surface area contributed by atoms with Crippen LogP contribution in [0.2, 0.25) is 0 Å². The van der Waals surface area contributed by atoms with Crippen molar-refractivity contribution in [2.45, 2.75) is 13.3 Å². The van der Waals surface area contributed by atoms with Crippen LogP contribution in [0.3, 0.4) is 0 Å². The van der Waals surface area contributed by atoms with Gasteiger partial charge in [-0.15, -0.1) is 0 Å². The fraction of sp³-hybridized carbons (Fsp3) is 0.200. The molecule has 1 heterocycles. The zero-order chi connectivity index (χ0) is 10.1. The van der Waals surface area contributed by atoms with Crippen molar-refractivity contribution in [1.82, 2.24) is 4.98 Å². The Balaban J connectivity index is 2.63. The van der Waals surface area contributed by atoms with Crippen molar-refractivity contribution in [3.63, 3.8) is 0 Å². The number of rotatable bonds is 2. The molecule has 0 amide bonds. The number of aromatic amines is 1. The molecule has 0 saturated carbocycles. The van der Waals surface area contributed by atoms with Gasteiger partial charge in [-0.3, -0.25) is 0 Å². The van der Waals surface area contributed by atoms with Crippen molar-refractivity contribution in [2.75, 3.05) is 0 Å². The van der Waals surface area contributed by atoms with Gasteiger partial charge in [0.15, 0.2) is 0 Å². The zero-order valence-corrected chi connectivity index (χ0v) is 7.99. The standard InChI is InChI=1S/C10H12BNO2/c1-2-7-3-4-10-8(5-7)9(6-12-10)11(13)14/h3-6,12-14H,2H2,1H3. The smallest absolute Gasteiger partial charge is 0.423 e. The predicted octanol–water partition coefficient (Wildman–Crippen LogP) is 0.410. The molecule has 14 heavy (non-hydrogen) atoms. The summed E-state index contributed by atoms with van der Waals surface area (Å²) in [5.74, 6) is 0. The first-order valence-electron chi connectivity index (χ1n) is 4.68. The molecule has 0 aliphatic rings. The van der Waals surface area contributed by atoms with Crippen molar-refractivity contribution in [1.29, 1.82) is 0 Å². The molecule has 1 aromatic heterocycles. The second-order valence-electron chi connectivity index (χ2n) is 3.35. The number of hydrogen-bond acceptors (Lipinski definition) is 2. The summed E-state index contributed by atoms with van der Waals surface area (Å²) in [6.07, 6.45) is 2.58. The average molecular weight is 189 g/mol. The van der Waals surface area contributed by atoms with Crippen molar-refractivity contribution < 1.29 is 10.0 Å². The maximum Gasteiger partial charge on any atom is 0.490 e. The number of H-pyrrole nitrogens is 1. The highest BCUT2D eigenvalue weighted by Gasteiger charge is 2.15. The Hall–Kier alpha value is -1.26. The summed E-state index contributed by atoms with van der Waals surface area (Å²) in [6.45, 7) is 2.07. The molecule has 3 nitrogen and oxygen atoms in total. The van der Waals surface area contributed by atoms with Gasteiger partial charge in [0.25, 0.3) is 0 Å². The van der Waals surface area contributed by atoms with Crippen molar-refractivity contribution in [3.8, 4) is 0 Å². The SMILES string of the molecule is CCc1ccc2[nH]cc(B(O)O)c2c1. The van der Waals surface area contributed by atoms with Crippen molar-refractivity contribution >= 4 is 23.5 Å². The lowest BCUT2D eigenvalue weighted by atomic mass is 9.80. The second kappa shape index (κ2) is 3.48. The third-order valence-corrected chi connectivity index (χ3v) is 2.46. The molecule has 0 saturated heterocycles. The van der Waals surface area contributed by atoms with Gasteiger partial charge in [0.1, 0.15) is 0 Å². The molecule has 0 bridgehead atoms. The topological polar surface area (TPSA) is 56.2 Å². The van der Waals surface area contributed by atoms with Gasteiger partial charge in [-0.1, -0.05) is 13.0 Å². The number of hydrogen-bond donors (Lipinski definition) is 3. The van der Waals surface area contributed by atoms with Crippen LogP contribution in [0, 0.1) is 0 Å². The molecule has 2 aromatic rings. The molecule has 72 valence electrons. The summed E-state index contributed by atoms with van der Waals surface area (Å²) in [5, 5.41) is 19.1. The van der Waals surface area contributed by atoms with E-state index in [1.54, 1.807) is 6.20 Å². The van der Waals surface area contributed by atoms with Crippen LogP contribution < -0.4 is 5.46 Å². The highest BCUT2D eigenvalue weighted by atomic mass is 16.4. The van der Waals surface area contributed by atoms with Crippen LogP contribution in [-0.4, -0.2) is 22.2 Å².